The first-order chi connectivity index (χ1) is 16.0. The molecule has 0 radical (unpaired) electrons. The maximum atomic E-state index is 13.3. The number of carbonyl (C=O) groups is 2. The van der Waals surface area contributed by atoms with Crippen molar-refractivity contribution < 1.29 is 9.59 Å². The summed E-state index contributed by atoms with van der Waals surface area (Å²) in [5.41, 5.74) is 5.48. The molecule has 1 atom stereocenters. The predicted molar refractivity (Wildman–Crippen MR) is 131 cm³/mol. The molecule has 5 heteroatoms. The Bertz CT molecular complexity index is 1110. The highest BCUT2D eigenvalue weighted by atomic mass is 16.2. The molecule has 0 aliphatic carbocycles. The average molecular weight is 442 g/mol. The fraction of sp³-hybridized carbons (Fsp3) is 0.321. The van der Waals surface area contributed by atoms with E-state index >= 15 is 0 Å². The van der Waals surface area contributed by atoms with Gasteiger partial charge in [-0.15, -0.1) is 0 Å². The molecule has 0 bridgehead atoms. The molecule has 2 aromatic carbocycles. The number of rotatable bonds is 6. The van der Waals surface area contributed by atoms with E-state index in [1.54, 1.807) is 12.4 Å². The molecule has 33 heavy (non-hydrogen) atoms. The summed E-state index contributed by atoms with van der Waals surface area (Å²) in [7, 11) is 0. The van der Waals surface area contributed by atoms with Crippen LogP contribution in [0.1, 0.15) is 23.6 Å². The van der Waals surface area contributed by atoms with Gasteiger partial charge in [0.2, 0.25) is 11.8 Å². The van der Waals surface area contributed by atoms with Gasteiger partial charge in [-0.3, -0.25) is 14.6 Å². The molecule has 1 aromatic heterocycles. The molecule has 1 unspecified atom stereocenters. The molecule has 1 aliphatic heterocycles. The molecular weight excluding hydrogens is 410 g/mol. The smallest absolute Gasteiger partial charge is 0.227 e. The van der Waals surface area contributed by atoms with Gasteiger partial charge in [-0.25, -0.2) is 0 Å². The second-order valence-electron chi connectivity index (χ2n) is 8.76. The van der Waals surface area contributed by atoms with E-state index < -0.39 is 0 Å². The molecule has 1 fully saturated rings. The normalized spacial score (nSPS) is 16.5. The fourth-order valence-electron chi connectivity index (χ4n) is 4.55. The Hall–Kier alpha value is -3.47. The van der Waals surface area contributed by atoms with Gasteiger partial charge in [-0.2, -0.15) is 0 Å². The van der Waals surface area contributed by atoms with E-state index in [2.05, 4.69) is 29.2 Å². The lowest BCUT2D eigenvalue weighted by atomic mass is 9.95. The van der Waals surface area contributed by atoms with Gasteiger partial charge in [0.05, 0.1) is 12.3 Å². The standard InChI is InChI=1S/C28H31N3O2/c1-3-30-14-15-31(27(32)19-22-7-4-6-21(2)16-22)20-26(28(30)33)18-23-8-5-9-25(17-23)24-10-12-29-13-11-24/h4-13,16-17,26H,3,14-15,18-20H2,1-2H3. The second-order valence-corrected chi connectivity index (χ2v) is 8.76. The van der Waals surface area contributed by atoms with E-state index in [1.807, 2.05) is 60.0 Å². The summed E-state index contributed by atoms with van der Waals surface area (Å²) in [6, 6.07) is 20.4. The van der Waals surface area contributed by atoms with Crippen LogP contribution < -0.4 is 0 Å². The van der Waals surface area contributed by atoms with Gasteiger partial charge in [-0.1, -0.05) is 54.1 Å². The zero-order valence-electron chi connectivity index (χ0n) is 19.4. The van der Waals surface area contributed by atoms with Crippen molar-refractivity contribution in [3.63, 3.8) is 0 Å². The number of hydrogen-bond donors (Lipinski definition) is 0. The average Bonchev–Trinajstić information content (AvgIpc) is 2.98. The van der Waals surface area contributed by atoms with E-state index in [0.29, 0.717) is 39.0 Å². The third kappa shape index (κ3) is 5.67. The molecule has 1 saturated heterocycles. The van der Waals surface area contributed by atoms with E-state index in [0.717, 1.165) is 27.8 Å². The monoisotopic (exact) mass is 441 g/mol. The molecule has 5 nitrogen and oxygen atoms in total. The number of nitrogens with zero attached hydrogens (tertiary/aromatic N) is 3. The molecule has 2 heterocycles. The molecule has 1 aliphatic rings. The summed E-state index contributed by atoms with van der Waals surface area (Å²) in [5.74, 6) is -0.0267. The maximum Gasteiger partial charge on any atom is 0.227 e. The summed E-state index contributed by atoms with van der Waals surface area (Å²) < 4.78 is 0. The van der Waals surface area contributed by atoms with Crippen LogP contribution in [0.2, 0.25) is 0 Å². The molecule has 0 saturated carbocycles. The first-order valence-corrected chi connectivity index (χ1v) is 11.6. The van der Waals surface area contributed by atoms with Crippen molar-refractivity contribution in [1.29, 1.82) is 0 Å². The highest BCUT2D eigenvalue weighted by Crippen LogP contribution is 2.23. The first kappa shape index (κ1) is 22.7. The predicted octanol–water partition coefficient (Wildman–Crippen LogP) is 4.15. The topological polar surface area (TPSA) is 53.5 Å². The van der Waals surface area contributed by atoms with E-state index in [9.17, 15) is 9.59 Å². The Morgan fingerprint density at radius 2 is 1.73 bits per heavy atom. The van der Waals surface area contributed by atoms with Crippen molar-refractivity contribution in [2.45, 2.75) is 26.7 Å². The number of pyridine rings is 1. The van der Waals surface area contributed by atoms with Crippen LogP contribution in [-0.4, -0.2) is 52.8 Å². The Balaban J connectivity index is 1.53. The van der Waals surface area contributed by atoms with Crippen molar-refractivity contribution in [2.24, 2.45) is 5.92 Å². The number of benzene rings is 2. The number of aromatic nitrogens is 1. The number of carbonyl (C=O) groups excluding carboxylic acids is 2. The van der Waals surface area contributed by atoms with Crippen molar-refractivity contribution in [2.75, 3.05) is 26.2 Å². The lowest BCUT2D eigenvalue weighted by molar-refractivity contribution is -0.134. The lowest BCUT2D eigenvalue weighted by Crippen LogP contribution is -2.38. The Morgan fingerprint density at radius 3 is 2.48 bits per heavy atom. The van der Waals surface area contributed by atoms with Gasteiger partial charge in [0.15, 0.2) is 0 Å². The highest BCUT2D eigenvalue weighted by Gasteiger charge is 2.31. The van der Waals surface area contributed by atoms with Crippen LogP contribution >= 0.6 is 0 Å². The molecule has 0 spiro atoms. The third-order valence-corrected chi connectivity index (χ3v) is 6.34. The van der Waals surface area contributed by atoms with Gasteiger partial charge < -0.3 is 9.80 Å². The van der Waals surface area contributed by atoms with Crippen LogP contribution in [0.15, 0.2) is 73.1 Å². The molecular formula is C28H31N3O2. The van der Waals surface area contributed by atoms with Crippen LogP contribution in [0.3, 0.4) is 0 Å². The first-order valence-electron chi connectivity index (χ1n) is 11.6. The number of amides is 2. The summed E-state index contributed by atoms with van der Waals surface area (Å²) in [5, 5.41) is 0. The number of aryl methyl sites for hydroxylation is 1. The summed E-state index contributed by atoms with van der Waals surface area (Å²) in [6.07, 6.45) is 4.55. The van der Waals surface area contributed by atoms with Crippen LogP contribution in [0.5, 0.6) is 0 Å². The minimum Gasteiger partial charge on any atom is -0.341 e. The second kappa shape index (κ2) is 10.4. The van der Waals surface area contributed by atoms with Crippen LogP contribution in [0.4, 0.5) is 0 Å². The summed E-state index contributed by atoms with van der Waals surface area (Å²) in [6.45, 7) is 6.32. The SMILES string of the molecule is CCN1CCN(C(=O)Cc2cccc(C)c2)CC(Cc2cccc(-c3ccncc3)c2)C1=O. The van der Waals surface area contributed by atoms with Gasteiger partial charge in [-0.05, 0) is 54.7 Å². The Labute approximate surface area is 196 Å². The Morgan fingerprint density at radius 1 is 0.970 bits per heavy atom. The minimum absolute atomic E-state index is 0.0851. The molecule has 2 amide bonds. The van der Waals surface area contributed by atoms with Gasteiger partial charge in [0, 0.05) is 38.6 Å². The quantitative estimate of drug-likeness (QED) is 0.578. The number of likely N-dealkylation sites (N-methyl/N-ethyl adjacent to an activating group) is 1. The van der Waals surface area contributed by atoms with Crippen molar-refractivity contribution in [3.05, 3.63) is 89.7 Å². The van der Waals surface area contributed by atoms with Gasteiger partial charge in [0.1, 0.15) is 0 Å². The number of hydrogen-bond acceptors (Lipinski definition) is 3. The van der Waals surface area contributed by atoms with Crippen molar-refractivity contribution in [1.82, 2.24) is 14.8 Å². The van der Waals surface area contributed by atoms with Crippen LogP contribution in [0.25, 0.3) is 11.1 Å². The maximum absolute atomic E-state index is 13.3. The van der Waals surface area contributed by atoms with E-state index in [1.165, 1.54) is 0 Å². The zero-order chi connectivity index (χ0) is 23.2. The zero-order valence-corrected chi connectivity index (χ0v) is 19.4. The summed E-state index contributed by atoms with van der Waals surface area (Å²) in [4.78, 5) is 34.3. The summed E-state index contributed by atoms with van der Waals surface area (Å²) >= 11 is 0. The van der Waals surface area contributed by atoms with Crippen molar-refractivity contribution in [3.8, 4) is 11.1 Å². The van der Waals surface area contributed by atoms with Gasteiger partial charge >= 0.3 is 0 Å². The molecule has 0 N–H and O–H groups in total. The molecule has 4 rings (SSSR count). The van der Waals surface area contributed by atoms with E-state index in [4.69, 9.17) is 0 Å². The van der Waals surface area contributed by atoms with Crippen molar-refractivity contribution >= 4 is 11.8 Å². The largest absolute Gasteiger partial charge is 0.341 e. The molecule has 3 aromatic rings. The molecule has 170 valence electrons. The highest BCUT2D eigenvalue weighted by molar-refractivity contribution is 5.83. The third-order valence-electron chi connectivity index (χ3n) is 6.34. The lowest BCUT2D eigenvalue weighted by Gasteiger charge is -2.24. The van der Waals surface area contributed by atoms with Crippen LogP contribution in [-0.2, 0) is 22.4 Å². The Kier molecular flexibility index (Phi) is 7.18. The fourth-order valence-corrected chi connectivity index (χ4v) is 4.55. The van der Waals surface area contributed by atoms with Crippen LogP contribution in [0, 0.1) is 12.8 Å². The van der Waals surface area contributed by atoms with Gasteiger partial charge in [0.25, 0.3) is 0 Å². The van der Waals surface area contributed by atoms with E-state index in [-0.39, 0.29) is 17.7 Å². The minimum atomic E-state index is -0.249.